The molecule has 188 valence electrons. The number of pyridine rings is 1. The molecule has 8 nitrogen and oxygen atoms in total. The summed E-state index contributed by atoms with van der Waals surface area (Å²) in [6.45, 7) is 4.10. The lowest BCUT2D eigenvalue weighted by molar-refractivity contribution is 0.266. The van der Waals surface area contributed by atoms with Crippen molar-refractivity contribution in [3.8, 4) is 28.7 Å². The molecule has 0 spiro atoms. The minimum Gasteiger partial charge on any atom is -0.493 e. The van der Waals surface area contributed by atoms with E-state index in [1.807, 2.05) is 67.6 Å². The molecule has 0 fully saturated rings. The Labute approximate surface area is 214 Å². The van der Waals surface area contributed by atoms with Gasteiger partial charge in [-0.15, -0.1) is 0 Å². The van der Waals surface area contributed by atoms with E-state index in [-0.39, 0.29) is 0 Å². The number of ether oxygens (including phenoxy) is 4. The second-order valence-electron chi connectivity index (χ2n) is 8.45. The normalized spacial score (nSPS) is 10.8. The first kappa shape index (κ1) is 24.0. The molecule has 0 bridgehead atoms. The molecule has 2 aromatic heterocycles. The molecule has 0 amide bonds. The maximum atomic E-state index is 6.10. The predicted molar refractivity (Wildman–Crippen MR) is 141 cm³/mol. The number of rotatable bonds is 9. The van der Waals surface area contributed by atoms with Crippen LogP contribution < -0.4 is 24.3 Å². The fourth-order valence-electron chi connectivity index (χ4n) is 3.96. The fourth-order valence-corrected chi connectivity index (χ4v) is 3.96. The van der Waals surface area contributed by atoms with Gasteiger partial charge in [0.2, 0.25) is 0 Å². The maximum absolute atomic E-state index is 6.10. The number of fused-ring (bicyclic) bond motifs is 1. The van der Waals surface area contributed by atoms with Crippen LogP contribution in [0.1, 0.15) is 17.2 Å². The van der Waals surface area contributed by atoms with Crippen molar-refractivity contribution >= 4 is 22.3 Å². The third-order valence-electron chi connectivity index (χ3n) is 5.69. The highest BCUT2D eigenvalue weighted by atomic mass is 16.5. The summed E-state index contributed by atoms with van der Waals surface area (Å²) in [5.74, 6) is 4.65. The number of nitrogens with one attached hydrogen (secondary N) is 1. The molecular weight excluding hydrogens is 470 g/mol. The van der Waals surface area contributed by atoms with Crippen LogP contribution in [-0.4, -0.2) is 24.2 Å². The summed E-state index contributed by atoms with van der Waals surface area (Å²) in [5.41, 5.74) is 3.64. The Balaban J connectivity index is 1.29. The average molecular weight is 498 g/mol. The van der Waals surface area contributed by atoms with Gasteiger partial charge >= 0.3 is 0 Å². The van der Waals surface area contributed by atoms with Gasteiger partial charge in [0.15, 0.2) is 23.1 Å². The highest BCUT2D eigenvalue weighted by Crippen LogP contribution is 2.36. The van der Waals surface area contributed by atoms with Crippen molar-refractivity contribution in [1.29, 1.82) is 0 Å². The molecule has 37 heavy (non-hydrogen) atoms. The van der Waals surface area contributed by atoms with Gasteiger partial charge in [0.05, 0.1) is 25.9 Å². The summed E-state index contributed by atoms with van der Waals surface area (Å²) in [7, 11) is 3.23. The van der Waals surface area contributed by atoms with Gasteiger partial charge in [-0.1, -0.05) is 0 Å². The molecule has 0 unspecified atom stereocenters. The summed E-state index contributed by atoms with van der Waals surface area (Å²) < 4.78 is 28.3. The molecule has 2 heterocycles. The second-order valence-corrected chi connectivity index (χ2v) is 8.45. The number of oxazole rings is 1. The molecule has 5 aromatic rings. The molecule has 1 N–H and O–H groups in total. The number of aromatic nitrogens is 2. The molecule has 0 saturated heterocycles. The number of aryl methyl sites for hydroxylation is 2. The van der Waals surface area contributed by atoms with Crippen LogP contribution in [0, 0.1) is 13.8 Å². The number of methoxy groups -OCH3 is 2. The van der Waals surface area contributed by atoms with Crippen LogP contribution in [0.25, 0.3) is 10.9 Å². The molecule has 5 rings (SSSR count). The monoisotopic (exact) mass is 497 g/mol. The Hall–Kier alpha value is -4.72. The first-order chi connectivity index (χ1) is 18.0. The third-order valence-corrected chi connectivity index (χ3v) is 5.69. The van der Waals surface area contributed by atoms with Gasteiger partial charge in [0, 0.05) is 42.0 Å². The van der Waals surface area contributed by atoms with Crippen molar-refractivity contribution in [2.45, 2.75) is 20.5 Å². The highest BCUT2D eigenvalue weighted by Gasteiger charge is 2.11. The van der Waals surface area contributed by atoms with Crippen LogP contribution in [0.5, 0.6) is 28.7 Å². The lowest BCUT2D eigenvalue weighted by atomic mass is 10.1. The zero-order valence-corrected chi connectivity index (χ0v) is 21.1. The molecular formula is C29H27N3O5. The van der Waals surface area contributed by atoms with Crippen LogP contribution in [0.2, 0.25) is 0 Å². The Kier molecular flexibility index (Phi) is 6.81. The van der Waals surface area contributed by atoms with Crippen molar-refractivity contribution < 1.29 is 23.4 Å². The van der Waals surface area contributed by atoms with Gasteiger partial charge in [-0.2, -0.15) is 0 Å². The Morgan fingerprint density at radius 3 is 2.30 bits per heavy atom. The third kappa shape index (κ3) is 5.59. The molecule has 0 aliphatic heterocycles. The van der Waals surface area contributed by atoms with Crippen LogP contribution in [0.3, 0.4) is 0 Å². The Morgan fingerprint density at radius 2 is 1.57 bits per heavy atom. The van der Waals surface area contributed by atoms with E-state index in [0.29, 0.717) is 47.0 Å². The molecule has 0 radical (unpaired) electrons. The van der Waals surface area contributed by atoms with Crippen molar-refractivity contribution in [1.82, 2.24) is 9.97 Å². The molecule has 0 aliphatic rings. The maximum Gasteiger partial charge on any atom is 0.191 e. The first-order valence-corrected chi connectivity index (χ1v) is 11.7. The number of hydrogen-bond donors (Lipinski definition) is 1. The van der Waals surface area contributed by atoms with E-state index < -0.39 is 0 Å². The summed E-state index contributed by atoms with van der Waals surface area (Å²) in [5, 5.41) is 4.38. The van der Waals surface area contributed by atoms with Crippen LogP contribution in [-0.2, 0) is 6.61 Å². The molecule has 0 aliphatic carbocycles. The quantitative estimate of drug-likeness (QED) is 0.234. The second kappa shape index (κ2) is 10.5. The summed E-state index contributed by atoms with van der Waals surface area (Å²) in [6, 6.07) is 19.2. The number of anilines is 2. The van der Waals surface area contributed by atoms with E-state index >= 15 is 0 Å². The van der Waals surface area contributed by atoms with Gasteiger partial charge in [-0.05, 0) is 61.0 Å². The van der Waals surface area contributed by atoms with Gasteiger partial charge in [0.1, 0.15) is 23.9 Å². The molecule has 0 saturated carbocycles. The van der Waals surface area contributed by atoms with Crippen LogP contribution >= 0.6 is 0 Å². The summed E-state index contributed by atoms with van der Waals surface area (Å²) in [4.78, 5) is 8.55. The Bertz CT molecular complexity index is 1530. The van der Waals surface area contributed by atoms with Crippen LogP contribution in [0.4, 0.5) is 11.4 Å². The predicted octanol–water partition coefficient (Wildman–Crippen LogP) is 6.97. The van der Waals surface area contributed by atoms with Gasteiger partial charge in [0.25, 0.3) is 0 Å². The smallest absolute Gasteiger partial charge is 0.191 e. The zero-order chi connectivity index (χ0) is 25.8. The van der Waals surface area contributed by atoms with Crippen molar-refractivity contribution in [2.75, 3.05) is 19.5 Å². The van der Waals surface area contributed by atoms with E-state index in [9.17, 15) is 0 Å². The van der Waals surface area contributed by atoms with Gasteiger partial charge in [-0.3, -0.25) is 4.98 Å². The average Bonchev–Trinajstić information content (AvgIpc) is 3.32. The van der Waals surface area contributed by atoms with E-state index in [2.05, 4.69) is 15.3 Å². The lowest BCUT2D eigenvalue weighted by Crippen LogP contribution is -1.96. The van der Waals surface area contributed by atoms with Crippen molar-refractivity contribution in [2.24, 2.45) is 0 Å². The fraction of sp³-hybridized carbons (Fsp3) is 0.172. The van der Waals surface area contributed by atoms with Crippen molar-refractivity contribution in [3.63, 3.8) is 0 Å². The molecule has 8 heteroatoms. The topological polar surface area (TPSA) is 87.9 Å². The summed E-state index contributed by atoms with van der Waals surface area (Å²) >= 11 is 0. The number of benzene rings is 3. The standard InChI is InChI=1S/C29H27N3O5/c1-18-11-22(35-17-24-16-31-19(2)36-24)13-23(12-18)37-21-7-5-20(6-8-21)32-26-9-10-30-27-15-29(34-4)28(33-3)14-25(26)27/h5-16H,17H2,1-4H3,(H,30,32). The molecule has 3 aromatic carbocycles. The molecule has 0 atom stereocenters. The van der Waals surface area contributed by atoms with Gasteiger partial charge < -0.3 is 28.7 Å². The zero-order valence-electron chi connectivity index (χ0n) is 21.1. The van der Waals surface area contributed by atoms with E-state index in [0.717, 1.165) is 27.8 Å². The minimum absolute atomic E-state index is 0.298. The van der Waals surface area contributed by atoms with E-state index in [1.165, 1.54) is 0 Å². The van der Waals surface area contributed by atoms with E-state index in [4.69, 9.17) is 23.4 Å². The summed E-state index contributed by atoms with van der Waals surface area (Å²) in [6.07, 6.45) is 3.43. The number of nitrogens with zero attached hydrogens (tertiary/aromatic N) is 2. The van der Waals surface area contributed by atoms with Gasteiger partial charge in [-0.25, -0.2) is 4.98 Å². The number of hydrogen-bond acceptors (Lipinski definition) is 8. The Morgan fingerprint density at radius 1 is 0.811 bits per heavy atom. The lowest BCUT2D eigenvalue weighted by Gasteiger charge is -2.14. The van der Waals surface area contributed by atoms with E-state index in [1.54, 1.807) is 33.5 Å². The minimum atomic E-state index is 0.298. The highest BCUT2D eigenvalue weighted by molar-refractivity contribution is 5.95. The first-order valence-electron chi connectivity index (χ1n) is 11.7. The largest absolute Gasteiger partial charge is 0.493 e. The SMILES string of the molecule is COc1cc2nccc(Nc3ccc(Oc4cc(C)cc(OCc5cnc(C)o5)c4)cc3)c2cc1OC. The van der Waals surface area contributed by atoms with Crippen molar-refractivity contribution in [3.05, 3.63) is 90.3 Å². The van der Waals surface area contributed by atoms with Crippen LogP contribution in [0.15, 0.2) is 77.5 Å².